The van der Waals surface area contributed by atoms with Gasteiger partial charge >= 0.3 is 0 Å². The third-order valence-electron chi connectivity index (χ3n) is 5.09. The van der Waals surface area contributed by atoms with E-state index in [0.717, 1.165) is 43.1 Å². The summed E-state index contributed by atoms with van der Waals surface area (Å²) in [6.45, 7) is 6.39. The Kier molecular flexibility index (Phi) is 4.62. The topological polar surface area (TPSA) is 50.6 Å². The van der Waals surface area contributed by atoms with Crippen LogP contribution in [0.15, 0.2) is 0 Å². The van der Waals surface area contributed by atoms with Crippen LogP contribution in [0.25, 0.3) is 0 Å². The molecule has 6 nitrogen and oxygen atoms in total. The van der Waals surface area contributed by atoms with Gasteiger partial charge in [-0.1, -0.05) is 0 Å². The van der Waals surface area contributed by atoms with Gasteiger partial charge < -0.3 is 9.64 Å². The summed E-state index contributed by atoms with van der Waals surface area (Å²) in [5.41, 5.74) is 2.15. The Morgan fingerprint density at radius 2 is 2.13 bits per heavy atom. The molecule has 2 aliphatic rings. The highest BCUT2D eigenvalue weighted by atomic mass is 16.5. The van der Waals surface area contributed by atoms with Crippen LogP contribution in [-0.4, -0.2) is 58.3 Å². The molecule has 1 saturated heterocycles. The molecule has 0 bridgehead atoms. The lowest BCUT2D eigenvalue weighted by Crippen LogP contribution is -2.41. The van der Waals surface area contributed by atoms with Gasteiger partial charge in [-0.25, -0.2) is 4.68 Å². The van der Waals surface area contributed by atoms with E-state index in [1.54, 1.807) is 11.8 Å². The molecule has 1 aromatic heterocycles. The summed E-state index contributed by atoms with van der Waals surface area (Å²) in [5, 5.41) is 4.50. The molecule has 128 valence electrons. The molecule has 1 amide bonds. The number of rotatable bonds is 6. The zero-order valence-electron chi connectivity index (χ0n) is 14.7. The molecule has 0 aromatic carbocycles. The number of carbonyl (C=O) groups excluding carboxylic acids is 1. The number of likely N-dealkylation sites (N-methyl/N-ethyl adjacent to an activating group) is 1. The normalized spacial score (nSPS) is 21.7. The molecular formula is C17H28N4O2. The highest BCUT2D eigenvalue weighted by molar-refractivity contribution is 5.79. The minimum atomic E-state index is 0.237. The molecule has 0 radical (unpaired) electrons. The van der Waals surface area contributed by atoms with E-state index in [-0.39, 0.29) is 11.9 Å². The fraction of sp³-hybridized carbons (Fsp3) is 0.765. The zero-order valence-corrected chi connectivity index (χ0v) is 14.7. The van der Waals surface area contributed by atoms with E-state index >= 15 is 0 Å². The summed E-state index contributed by atoms with van der Waals surface area (Å²) in [4.78, 5) is 17.0. The molecule has 1 aliphatic carbocycles. The molecule has 2 heterocycles. The van der Waals surface area contributed by atoms with Crippen LogP contribution in [0.4, 0.5) is 0 Å². The summed E-state index contributed by atoms with van der Waals surface area (Å²) in [5.74, 6) is 1.09. The summed E-state index contributed by atoms with van der Waals surface area (Å²) in [6.07, 6.45) is 4.51. The average Bonchev–Trinajstić information content (AvgIpc) is 3.17. The number of nitrogens with zero attached hydrogens (tertiary/aromatic N) is 4. The van der Waals surface area contributed by atoms with E-state index in [1.165, 1.54) is 12.8 Å². The zero-order chi connectivity index (χ0) is 16.6. The van der Waals surface area contributed by atoms with Gasteiger partial charge in [0, 0.05) is 25.7 Å². The first kappa shape index (κ1) is 16.3. The SMILES string of the molecule is CCN(C(=O)CN1CCC[C@@H]1c1c(C)nn(C)c1OC)C1CC1. The van der Waals surface area contributed by atoms with Crippen molar-refractivity contribution in [1.29, 1.82) is 0 Å². The molecule has 3 rings (SSSR count). The first-order chi connectivity index (χ1) is 11.1. The van der Waals surface area contributed by atoms with Crippen molar-refractivity contribution in [1.82, 2.24) is 19.6 Å². The number of ether oxygens (including phenoxy) is 1. The molecule has 6 heteroatoms. The third kappa shape index (κ3) is 3.09. The Morgan fingerprint density at radius 3 is 2.74 bits per heavy atom. The Balaban J connectivity index is 1.77. The summed E-state index contributed by atoms with van der Waals surface area (Å²) < 4.78 is 7.36. The molecular weight excluding hydrogens is 292 g/mol. The minimum absolute atomic E-state index is 0.237. The smallest absolute Gasteiger partial charge is 0.237 e. The molecule has 1 atom stereocenters. The van der Waals surface area contributed by atoms with Crippen LogP contribution < -0.4 is 4.74 Å². The van der Waals surface area contributed by atoms with E-state index in [2.05, 4.69) is 16.9 Å². The first-order valence-electron chi connectivity index (χ1n) is 8.67. The average molecular weight is 320 g/mol. The molecule has 1 aliphatic heterocycles. The lowest BCUT2D eigenvalue weighted by molar-refractivity contribution is -0.133. The highest BCUT2D eigenvalue weighted by Crippen LogP contribution is 2.38. The fourth-order valence-electron chi connectivity index (χ4n) is 3.91. The van der Waals surface area contributed by atoms with Gasteiger partial charge in [-0.15, -0.1) is 0 Å². The predicted molar refractivity (Wildman–Crippen MR) is 88.5 cm³/mol. The Morgan fingerprint density at radius 1 is 1.39 bits per heavy atom. The van der Waals surface area contributed by atoms with Crippen LogP contribution in [0.3, 0.4) is 0 Å². The third-order valence-corrected chi connectivity index (χ3v) is 5.09. The molecule has 0 unspecified atom stereocenters. The Labute approximate surface area is 138 Å². The van der Waals surface area contributed by atoms with Crippen molar-refractivity contribution in [3.63, 3.8) is 0 Å². The van der Waals surface area contributed by atoms with E-state index in [9.17, 15) is 4.79 Å². The van der Waals surface area contributed by atoms with Crippen LogP contribution in [0.2, 0.25) is 0 Å². The van der Waals surface area contributed by atoms with Gasteiger partial charge in [0.2, 0.25) is 11.8 Å². The van der Waals surface area contributed by atoms with Gasteiger partial charge in [0.15, 0.2) is 0 Å². The van der Waals surface area contributed by atoms with E-state index in [4.69, 9.17) is 4.74 Å². The lowest BCUT2D eigenvalue weighted by atomic mass is 10.0. The largest absolute Gasteiger partial charge is 0.481 e. The molecule has 1 saturated carbocycles. The van der Waals surface area contributed by atoms with Gasteiger partial charge in [0.25, 0.3) is 0 Å². The van der Waals surface area contributed by atoms with E-state index in [0.29, 0.717) is 12.6 Å². The number of likely N-dealkylation sites (tertiary alicyclic amines) is 1. The van der Waals surface area contributed by atoms with E-state index in [1.807, 2.05) is 18.9 Å². The van der Waals surface area contributed by atoms with E-state index < -0.39 is 0 Å². The fourth-order valence-corrected chi connectivity index (χ4v) is 3.91. The van der Waals surface area contributed by atoms with Gasteiger partial charge in [-0.05, 0) is 46.1 Å². The summed E-state index contributed by atoms with van der Waals surface area (Å²) in [7, 11) is 3.60. The summed E-state index contributed by atoms with van der Waals surface area (Å²) >= 11 is 0. The minimum Gasteiger partial charge on any atom is -0.481 e. The first-order valence-corrected chi connectivity index (χ1v) is 8.67. The number of aromatic nitrogens is 2. The van der Waals surface area contributed by atoms with Crippen LogP contribution in [-0.2, 0) is 11.8 Å². The summed E-state index contributed by atoms with van der Waals surface area (Å²) in [6, 6.07) is 0.726. The van der Waals surface area contributed by atoms with Gasteiger partial charge in [0.1, 0.15) is 0 Å². The maximum Gasteiger partial charge on any atom is 0.237 e. The van der Waals surface area contributed by atoms with Crippen LogP contribution >= 0.6 is 0 Å². The monoisotopic (exact) mass is 320 g/mol. The second kappa shape index (κ2) is 6.51. The molecule has 1 aromatic rings. The van der Waals surface area contributed by atoms with Crippen LogP contribution in [0.5, 0.6) is 5.88 Å². The maximum atomic E-state index is 12.7. The number of hydrogen-bond donors (Lipinski definition) is 0. The molecule has 0 spiro atoms. The number of amides is 1. The van der Waals surface area contributed by atoms with Gasteiger partial charge in [-0.3, -0.25) is 9.69 Å². The lowest BCUT2D eigenvalue weighted by Gasteiger charge is -2.28. The highest BCUT2D eigenvalue weighted by Gasteiger charge is 2.36. The van der Waals surface area contributed by atoms with Crippen LogP contribution in [0.1, 0.15) is 49.9 Å². The molecule has 2 fully saturated rings. The van der Waals surface area contributed by atoms with Crippen molar-refractivity contribution < 1.29 is 9.53 Å². The van der Waals surface area contributed by atoms with Crippen molar-refractivity contribution in [2.75, 3.05) is 26.7 Å². The van der Waals surface area contributed by atoms with Gasteiger partial charge in [-0.2, -0.15) is 5.10 Å². The van der Waals surface area contributed by atoms with Crippen molar-refractivity contribution >= 4 is 5.91 Å². The quantitative estimate of drug-likeness (QED) is 0.803. The van der Waals surface area contributed by atoms with Crippen LogP contribution in [0, 0.1) is 6.92 Å². The van der Waals surface area contributed by atoms with Crippen molar-refractivity contribution in [2.45, 2.75) is 51.6 Å². The second-order valence-electron chi connectivity index (χ2n) is 6.67. The number of methoxy groups -OCH3 is 1. The van der Waals surface area contributed by atoms with Gasteiger partial charge in [0.05, 0.1) is 24.9 Å². The second-order valence-corrected chi connectivity index (χ2v) is 6.67. The molecule has 23 heavy (non-hydrogen) atoms. The predicted octanol–water partition coefficient (Wildman–Crippen LogP) is 1.88. The maximum absolute atomic E-state index is 12.7. The number of hydrogen-bond acceptors (Lipinski definition) is 4. The number of carbonyl (C=O) groups is 1. The van der Waals surface area contributed by atoms with Crippen molar-refractivity contribution in [3.05, 3.63) is 11.3 Å². The number of aryl methyl sites for hydroxylation is 2. The Hall–Kier alpha value is -1.56. The van der Waals surface area contributed by atoms with Crippen molar-refractivity contribution in [2.24, 2.45) is 7.05 Å². The van der Waals surface area contributed by atoms with Crippen molar-refractivity contribution in [3.8, 4) is 5.88 Å². The molecule has 0 N–H and O–H groups in total. The Bertz CT molecular complexity index is 579. The standard InChI is InChI=1S/C17H28N4O2/c1-5-21(13-8-9-13)15(22)11-20-10-6-7-14(20)16-12(2)18-19(3)17(16)23-4/h13-14H,5-11H2,1-4H3/t14-/m1/s1.